The van der Waals surface area contributed by atoms with Gasteiger partial charge in [0, 0.05) is 31.3 Å². The normalized spacial score (nSPS) is 18.0. The number of halogens is 1. The van der Waals surface area contributed by atoms with Gasteiger partial charge >= 0.3 is 5.97 Å². The van der Waals surface area contributed by atoms with Crippen LogP contribution in [0.4, 0.5) is 0 Å². The van der Waals surface area contributed by atoms with E-state index < -0.39 is 14.0 Å². The molecule has 1 aromatic heterocycles. The number of benzene rings is 2. The molecule has 5 rings (SSSR count). The summed E-state index contributed by atoms with van der Waals surface area (Å²) in [5.41, 5.74) is 2.99. The Kier molecular flexibility index (Phi) is 9.73. The average Bonchev–Trinajstić information content (AvgIpc) is 3.34. The molecule has 1 unspecified atom stereocenters. The van der Waals surface area contributed by atoms with Crippen LogP contribution in [0.15, 0.2) is 54.7 Å². The van der Waals surface area contributed by atoms with Crippen LogP contribution in [0.25, 0.3) is 6.08 Å². The number of carbonyl (C=O) groups is 1. The third-order valence-corrected chi connectivity index (χ3v) is 9.83. The number of nitrogens with zero attached hydrogens (tertiary/aromatic N) is 3. The standard InChI is InChI=1S/C32H40ClN3O5Si/c1-42(2,3)18-17-39-22-36-26(11-12-31(37)38)19-34-30(36)20-35-15-13-23(14-16-35)27-5-4-6-28-32(27)40-21-29(41-28)24-7-9-25(33)10-8-24/h4-12,19,23,29H,13-18,20-22H2,1-3H3,(H,37,38)/b12-11+. The van der Waals surface area contributed by atoms with Crippen molar-refractivity contribution in [2.24, 2.45) is 0 Å². The molecule has 3 aromatic rings. The van der Waals surface area contributed by atoms with Crippen molar-refractivity contribution in [3.8, 4) is 11.5 Å². The Hall–Kier alpha value is -3.11. The van der Waals surface area contributed by atoms with E-state index in [0.29, 0.717) is 37.4 Å². The molecule has 1 atom stereocenters. The van der Waals surface area contributed by atoms with Crippen LogP contribution in [0.1, 0.15) is 47.5 Å². The molecule has 10 heteroatoms. The molecular weight excluding hydrogens is 570 g/mol. The second-order valence-electron chi connectivity index (χ2n) is 12.2. The summed E-state index contributed by atoms with van der Waals surface area (Å²) in [5, 5.41) is 9.84. The zero-order valence-corrected chi connectivity index (χ0v) is 26.3. The summed E-state index contributed by atoms with van der Waals surface area (Å²) in [5.74, 6) is 1.93. The van der Waals surface area contributed by atoms with Gasteiger partial charge in [0.25, 0.3) is 0 Å². The average molecular weight is 610 g/mol. The Morgan fingerprint density at radius 2 is 1.93 bits per heavy atom. The largest absolute Gasteiger partial charge is 0.485 e. The number of ether oxygens (including phenoxy) is 3. The predicted octanol–water partition coefficient (Wildman–Crippen LogP) is 6.84. The van der Waals surface area contributed by atoms with E-state index in [1.54, 1.807) is 12.3 Å². The molecule has 0 aliphatic carbocycles. The number of likely N-dealkylation sites (tertiary alicyclic amines) is 1. The number of hydrogen-bond donors (Lipinski definition) is 1. The van der Waals surface area contributed by atoms with Crippen molar-refractivity contribution in [1.82, 2.24) is 14.5 Å². The number of carboxylic acid groups (broad SMARTS) is 1. The van der Waals surface area contributed by atoms with Gasteiger partial charge in [-0.3, -0.25) is 4.90 Å². The number of aromatic nitrogens is 2. The lowest BCUT2D eigenvalue weighted by Gasteiger charge is -2.34. The van der Waals surface area contributed by atoms with E-state index in [1.165, 1.54) is 5.56 Å². The van der Waals surface area contributed by atoms with Crippen molar-refractivity contribution >= 4 is 31.7 Å². The summed E-state index contributed by atoms with van der Waals surface area (Å²) in [6, 6.07) is 15.0. The lowest BCUT2D eigenvalue weighted by molar-refractivity contribution is -0.131. The zero-order valence-electron chi connectivity index (χ0n) is 24.6. The highest BCUT2D eigenvalue weighted by atomic mass is 35.5. The molecule has 2 aliphatic rings. The van der Waals surface area contributed by atoms with Gasteiger partial charge < -0.3 is 23.9 Å². The molecule has 1 fully saturated rings. The summed E-state index contributed by atoms with van der Waals surface area (Å²) in [6.45, 7) is 11.0. The molecule has 0 spiro atoms. The smallest absolute Gasteiger partial charge is 0.328 e. The number of para-hydroxylation sites is 1. The lowest BCUT2D eigenvalue weighted by Crippen LogP contribution is -2.34. The second kappa shape index (κ2) is 13.5. The van der Waals surface area contributed by atoms with Gasteiger partial charge in [0.2, 0.25) is 0 Å². The van der Waals surface area contributed by atoms with Gasteiger partial charge in [-0.1, -0.05) is 55.5 Å². The van der Waals surface area contributed by atoms with Crippen molar-refractivity contribution < 1.29 is 24.1 Å². The first-order valence-corrected chi connectivity index (χ1v) is 18.7. The third-order valence-electron chi connectivity index (χ3n) is 7.87. The summed E-state index contributed by atoms with van der Waals surface area (Å²) >= 11 is 6.06. The van der Waals surface area contributed by atoms with Crippen LogP contribution < -0.4 is 9.47 Å². The quantitative estimate of drug-likeness (QED) is 0.145. The first-order chi connectivity index (χ1) is 20.2. The fourth-order valence-corrected chi connectivity index (χ4v) is 6.30. The van der Waals surface area contributed by atoms with Crippen LogP contribution in [-0.4, -0.2) is 59.9 Å². The highest BCUT2D eigenvalue weighted by molar-refractivity contribution is 6.76. The van der Waals surface area contributed by atoms with E-state index in [0.717, 1.165) is 66.6 Å². The Bertz CT molecular complexity index is 1390. The SMILES string of the molecule is C[Si](C)(C)CCOCn1c(/C=C/C(=O)O)cnc1CN1CCC(c2cccc3c2OCC(c2ccc(Cl)cc2)O3)CC1. The fourth-order valence-electron chi connectivity index (χ4n) is 5.42. The Morgan fingerprint density at radius 3 is 2.64 bits per heavy atom. The summed E-state index contributed by atoms with van der Waals surface area (Å²) in [7, 11) is -1.21. The van der Waals surface area contributed by atoms with E-state index in [9.17, 15) is 4.79 Å². The highest BCUT2D eigenvalue weighted by Gasteiger charge is 2.30. The van der Waals surface area contributed by atoms with Gasteiger partial charge in [-0.2, -0.15) is 0 Å². The van der Waals surface area contributed by atoms with E-state index >= 15 is 0 Å². The molecular formula is C32H40ClN3O5Si. The van der Waals surface area contributed by atoms with Crippen LogP contribution in [0, 0.1) is 0 Å². The number of rotatable bonds is 11. The van der Waals surface area contributed by atoms with Crippen LogP contribution in [-0.2, 0) is 22.8 Å². The van der Waals surface area contributed by atoms with Gasteiger partial charge in [-0.15, -0.1) is 0 Å². The van der Waals surface area contributed by atoms with E-state index in [-0.39, 0.29) is 6.10 Å². The van der Waals surface area contributed by atoms with Crippen LogP contribution in [0.5, 0.6) is 11.5 Å². The summed E-state index contributed by atoms with van der Waals surface area (Å²) in [4.78, 5) is 18.2. The maximum atomic E-state index is 11.1. The Labute approximate surface area is 253 Å². The number of imidazole rings is 1. The molecule has 224 valence electrons. The van der Waals surface area contributed by atoms with Gasteiger partial charge in [0.1, 0.15) is 19.2 Å². The molecule has 42 heavy (non-hydrogen) atoms. The van der Waals surface area contributed by atoms with Crippen LogP contribution >= 0.6 is 11.6 Å². The van der Waals surface area contributed by atoms with Crippen molar-refractivity contribution in [3.63, 3.8) is 0 Å². The van der Waals surface area contributed by atoms with Crippen molar-refractivity contribution in [1.29, 1.82) is 0 Å². The number of fused-ring (bicyclic) bond motifs is 1. The summed E-state index contributed by atoms with van der Waals surface area (Å²) in [6.07, 6.45) is 6.30. The first-order valence-electron chi connectivity index (χ1n) is 14.6. The minimum absolute atomic E-state index is 0.162. The Balaban J connectivity index is 1.21. The number of carboxylic acids is 1. The topological polar surface area (TPSA) is 86.0 Å². The third kappa shape index (κ3) is 7.83. The van der Waals surface area contributed by atoms with E-state index in [2.05, 4.69) is 41.7 Å². The molecule has 2 aromatic carbocycles. The Morgan fingerprint density at radius 1 is 1.17 bits per heavy atom. The van der Waals surface area contributed by atoms with E-state index in [1.807, 2.05) is 34.9 Å². The molecule has 8 nitrogen and oxygen atoms in total. The molecule has 0 radical (unpaired) electrons. The maximum absolute atomic E-state index is 11.1. The van der Waals surface area contributed by atoms with Crippen LogP contribution in [0.2, 0.25) is 30.7 Å². The van der Waals surface area contributed by atoms with Gasteiger partial charge in [-0.25, -0.2) is 9.78 Å². The van der Waals surface area contributed by atoms with Crippen molar-refractivity contribution in [2.75, 3.05) is 26.3 Å². The maximum Gasteiger partial charge on any atom is 0.328 e. The monoisotopic (exact) mass is 609 g/mol. The van der Waals surface area contributed by atoms with Gasteiger partial charge in [0.05, 0.1) is 18.4 Å². The highest BCUT2D eigenvalue weighted by Crippen LogP contribution is 2.44. The molecule has 2 aliphatic heterocycles. The fraction of sp³-hybridized carbons (Fsp3) is 0.438. The molecule has 1 N–H and O–H groups in total. The zero-order chi connectivity index (χ0) is 29.7. The van der Waals surface area contributed by atoms with Gasteiger partial charge in [-0.05, 0) is 67.7 Å². The second-order valence-corrected chi connectivity index (χ2v) is 18.3. The molecule has 0 bridgehead atoms. The predicted molar refractivity (Wildman–Crippen MR) is 167 cm³/mol. The minimum atomic E-state index is -1.21. The lowest BCUT2D eigenvalue weighted by atomic mass is 9.88. The summed E-state index contributed by atoms with van der Waals surface area (Å²) < 4.78 is 20.7. The number of piperidine rings is 1. The number of hydrogen-bond acceptors (Lipinski definition) is 6. The van der Waals surface area contributed by atoms with Gasteiger partial charge in [0.15, 0.2) is 17.6 Å². The molecule has 0 amide bonds. The molecule has 0 saturated carbocycles. The molecule has 3 heterocycles. The van der Waals surface area contributed by atoms with Crippen LogP contribution in [0.3, 0.4) is 0 Å². The molecule has 1 saturated heterocycles. The van der Waals surface area contributed by atoms with Crippen molar-refractivity contribution in [2.45, 2.75) is 63.8 Å². The first kappa shape index (κ1) is 30.3. The van der Waals surface area contributed by atoms with E-state index in [4.69, 9.17) is 30.9 Å². The van der Waals surface area contributed by atoms with Crippen molar-refractivity contribution in [3.05, 3.63) is 82.4 Å². The minimum Gasteiger partial charge on any atom is -0.485 e. The number of aliphatic carboxylic acids is 1.